The van der Waals surface area contributed by atoms with E-state index in [-0.39, 0.29) is 11.7 Å². The molecular formula is C21H23FNO2+. The van der Waals surface area contributed by atoms with Gasteiger partial charge in [-0.25, -0.2) is 4.39 Å². The van der Waals surface area contributed by atoms with Crippen molar-refractivity contribution in [3.8, 4) is 5.75 Å². The highest BCUT2D eigenvalue weighted by Gasteiger charge is 2.21. The Kier molecular flexibility index (Phi) is 5.86. The molecule has 3 nitrogen and oxygen atoms in total. The van der Waals surface area contributed by atoms with Gasteiger partial charge in [0.25, 0.3) is 0 Å². The van der Waals surface area contributed by atoms with Gasteiger partial charge < -0.3 is 14.5 Å². The molecule has 25 heavy (non-hydrogen) atoms. The average molecular weight is 340 g/mol. The Morgan fingerprint density at radius 2 is 1.84 bits per heavy atom. The number of para-hydroxylation sites is 1. The molecule has 0 saturated carbocycles. The third-order valence-corrected chi connectivity index (χ3v) is 4.35. The summed E-state index contributed by atoms with van der Waals surface area (Å²) in [6, 6.07) is 18.7. The second-order valence-electron chi connectivity index (χ2n) is 6.01. The minimum atomic E-state index is -0.196. The number of ether oxygens (including phenoxy) is 1. The van der Waals surface area contributed by atoms with Crippen LogP contribution in [-0.4, -0.2) is 13.7 Å². The molecule has 0 spiro atoms. The minimum Gasteiger partial charge on any atom is -0.496 e. The van der Waals surface area contributed by atoms with Gasteiger partial charge in [-0.3, -0.25) is 0 Å². The Bertz CT molecular complexity index is 769. The van der Waals surface area contributed by atoms with Gasteiger partial charge in [-0.15, -0.1) is 0 Å². The molecule has 3 aromatic rings. The molecular weight excluding hydrogens is 317 g/mol. The van der Waals surface area contributed by atoms with Crippen LogP contribution in [0.5, 0.6) is 5.75 Å². The van der Waals surface area contributed by atoms with Crippen molar-refractivity contribution in [2.24, 2.45) is 0 Å². The molecule has 0 bridgehead atoms. The Morgan fingerprint density at radius 1 is 1.04 bits per heavy atom. The number of nitrogens with two attached hydrogens (primary N) is 1. The summed E-state index contributed by atoms with van der Waals surface area (Å²) in [6.07, 6.45) is 2.63. The summed E-state index contributed by atoms with van der Waals surface area (Å²) < 4.78 is 24.2. The number of furan rings is 1. The van der Waals surface area contributed by atoms with Crippen LogP contribution in [0.25, 0.3) is 0 Å². The van der Waals surface area contributed by atoms with Crippen LogP contribution >= 0.6 is 0 Å². The molecule has 0 radical (unpaired) electrons. The number of quaternary nitrogens is 1. The van der Waals surface area contributed by atoms with Crippen molar-refractivity contribution in [1.82, 2.24) is 0 Å². The van der Waals surface area contributed by atoms with E-state index in [2.05, 4.69) is 11.4 Å². The van der Waals surface area contributed by atoms with E-state index < -0.39 is 0 Å². The lowest BCUT2D eigenvalue weighted by atomic mass is 9.92. The quantitative estimate of drug-likeness (QED) is 0.635. The predicted octanol–water partition coefficient (Wildman–Crippen LogP) is 3.71. The summed E-state index contributed by atoms with van der Waals surface area (Å²) in [5, 5.41) is 2.23. The Morgan fingerprint density at radius 3 is 2.56 bits per heavy atom. The van der Waals surface area contributed by atoms with Crippen LogP contribution in [-0.2, 0) is 6.54 Å². The highest BCUT2D eigenvalue weighted by atomic mass is 19.1. The van der Waals surface area contributed by atoms with Crippen LogP contribution in [0.15, 0.2) is 71.3 Å². The molecule has 0 fully saturated rings. The molecule has 130 valence electrons. The van der Waals surface area contributed by atoms with E-state index in [0.29, 0.717) is 0 Å². The molecule has 0 unspecified atom stereocenters. The van der Waals surface area contributed by atoms with Gasteiger partial charge in [0, 0.05) is 17.5 Å². The normalized spacial score (nSPS) is 12.1. The molecule has 3 rings (SSSR count). The summed E-state index contributed by atoms with van der Waals surface area (Å²) in [5.74, 6) is 1.77. The molecule has 1 aromatic heterocycles. The highest BCUT2D eigenvalue weighted by Crippen LogP contribution is 2.33. The monoisotopic (exact) mass is 340 g/mol. The Labute approximate surface area is 147 Å². The summed E-state index contributed by atoms with van der Waals surface area (Å²) in [5.41, 5.74) is 2.25. The fourth-order valence-corrected chi connectivity index (χ4v) is 3.07. The summed E-state index contributed by atoms with van der Waals surface area (Å²) in [7, 11) is 1.69. The van der Waals surface area contributed by atoms with Gasteiger partial charge in [-0.05, 0) is 30.3 Å². The first-order chi connectivity index (χ1) is 12.3. The van der Waals surface area contributed by atoms with Gasteiger partial charge in [0.2, 0.25) is 0 Å². The van der Waals surface area contributed by atoms with E-state index in [0.717, 1.165) is 42.1 Å². The Hall–Kier alpha value is -2.59. The van der Waals surface area contributed by atoms with E-state index in [1.807, 2.05) is 42.5 Å². The first-order valence-electron chi connectivity index (χ1n) is 8.50. The van der Waals surface area contributed by atoms with E-state index in [9.17, 15) is 4.39 Å². The van der Waals surface area contributed by atoms with E-state index in [1.165, 1.54) is 12.1 Å². The number of hydrogen-bond donors (Lipinski definition) is 1. The van der Waals surface area contributed by atoms with Crippen LogP contribution in [0.4, 0.5) is 4.39 Å². The average Bonchev–Trinajstić information content (AvgIpc) is 3.18. The lowest BCUT2D eigenvalue weighted by Gasteiger charge is -2.17. The summed E-state index contributed by atoms with van der Waals surface area (Å²) in [6.45, 7) is 1.76. The van der Waals surface area contributed by atoms with Gasteiger partial charge in [-0.2, -0.15) is 0 Å². The van der Waals surface area contributed by atoms with Gasteiger partial charge in [-0.1, -0.05) is 30.3 Å². The molecule has 0 aliphatic heterocycles. The zero-order chi connectivity index (χ0) is 17.5. The van der Waals surface area contributed by atoms with Crippen LogP contribution in [0, 0.1) is 5.82 Å². The molecule has 1 atom stereocenters. The van der Waals surface area contributed by atoms with Gasteiger partial charge >= 0.3 is 0 Å². The fourth-order valence-electron chi connectivity index (χ4n) is 3.07. The third-order valence-electron chi connectivity index (χ3n) is 4.35. The molecule has 1 heterocycles. The number of methoxy groups -OCH3 is 1. The molecule has 0 aliphatic carbocycles. The molecule has 0 saturated heterocycles. The molecule has 2 N–H and O–H groups in total. The standard InChI is InChI=1S/C21H22FNO2/c1-24-20-6-3-2-5-18(20)19(21-7-4-14-25-21)12-13-23-15-16-8-10-17(22)11-9-16/h2-11,14,19,23H,12-13,15H2,1H3/p+1/t19-/m0/s1. The maximum absolute atomic E-state index is 13.0. The van der Waals surface area contributed by atoms with Gasteiger partial charge in [0.1, 0.15) is 23.9 Å². The second kappa shape index (κ2) is 8.49. The highest BCUT2D eigenvalue weighted by molar-refractivity contribution is 5.39. The van der Waals surface area contributed by atoms with Crippen molar-refractivity contribution >= 4 is 0 Å². The first-order valence-corrected chi connectivity index (χ1v) is 8.50. The summed E-state index contributed by atoms with van der Waals surface area (Å²) >= 11 is 0. The maximum Gasteiger partial charge on any atom is 0.123 e. The van der Waals surface area contributed by atoms with Crippen molar-refractivity contribution < 1.29 is 18.9 Å². The van der Waals surface area contributed by atoms with Crippen LogP contribution in [0.1, 0.15) is 29.2 Å². The number of halogens is 1. The largest absolute Gasteiger partial charge is 0.496 e. The minimum absolute atomic E-state index is 0.149. The van der Waals surface area contributed by atoms with E-state index in [1.54, 1.807) is 13.4 Å². The van der Waals surface area contributed by atoms with Gasteiger partial charge in [0.15, 0.2) is 0 Å². The number of rotatable bonds is 8. The van der Waals surface area contributed by atoms with Crippen LogP contribution in [0.2, 0.25) is 0 Å². The van der Waals surface area contributed by atoms with Crippen molar-refractivity contribution in [3.05, 3.63) is 89.6 Å². The lowest BCUT2D eigenvalue weighted by molar-refractivity contribution is -0.671. The zero-order valence-electron chi connectivity index (χ0n) is 14.3. The number of hydrogen-bond acceptors (Lipinski definition) is 2. The molecule has 0 amide bonds. The lowest BCUT2D eigenvalue weighted by Crippen LogP contribution is -2.82. The SMILES string of the molecule is COc1ccccc1[C@H](CC[NH2+]Cc1ccc(F)cc1)c1ccco1. The second-order valence-corrected chi connectivity index (χ2v) is 6.01. The molecule has 0 aliphatic rings. The summed E-state index contributed by atoms with van der Waals surface area (Å²) in [4.78, 5) is 0. The molecule has 4 heteroatoms. The van der Waals surface area contributed by atoms with Crippen molar-refractivity contribution in [3.63, 3.8) is 0 Å². The zero-order valence-corrected chi connectivity index (χ0v) is 14.3. The van der Waals surface area contributed by atoms with Crippen LogP contribution in [0.3, 0.4) is 0 Å². The van der Waals surface area contributed by atoms with Crippen molar-refractivity contribution in [2.45, 2.75) is 18.9 Å². The van der Waals surface area contributed by atoms with Crippen molar-refractivity contribution in [1.29, 1.82) is 0 Å². The Balaban J connectivity index is 1.66. The predicted molar refractivity (Wildman–Crippen MR) is 95.1 cm³/mol. The number of benzene rings is 2. The molecule has 2 aromatic carbocycles. The topological polar surface area (TPSA) is 39.0 Å². The third kappa shape index (κ3) is 4.48. The first kappa shape index (κ1) is 17.2. The van der Waals surface area contributed by atoms with Crippen LogP contribution < -0.4 is 10.1 Å². The van der Waals surface area contributed by atoms with E-state index in [4.69, 9.17) is 9.15 Å². The fraction of sp³-hybridized carbons (Fsp3) is 0.238. The maximum atomic E-state index is 13.0. The van der Waals surface area contributed by atoms with E-state index >= 15 is 0 Å². The van der Waals surface area contributed by atoms with Gasteiger partial charge in [0.05, 0.1) is 25.8 Å². The van der Waals surface area contributed by atoms with Crippen molar-refractivity contribution in [2.75, 3.05) is 13.7 Å². The smallest absolute Gasteiger partial charge is 0.123 e.